The van der Waals surface area contributed by atoms with Gasteiger partial charge in [0.05, 0.1) is 11.1 Å². The van der Waals surface area contributed by atoms with Crippen LogP contribution >= 0.6 is 11.6 Å². The van der Waals surface area contributed by atoms with E-state index < -0.39 is 11.9 Å². The molecule has 1 aromatic carbocycles. The van der Waals surface area contributed by atoms with Gasteiger partial charge in [-0.25, -0.2) is 4.39 Å². The van der Waals surface area contributed by atoms with Crippen molar-refractivity contribution in [1.82, 2.24) is 5.32 Å². The van der Waals surface area contributed by atoms with Crippen LogP contribution in [0.15, 0.2) is 24.3 Å². The normalized spacial score (nSPS) is 12.6. The molecule has 3 nitrogen and oxygen atoms in total. The van der Waals surface area contributed by atoms with E-state index in [0.29, 0.717) is 19.4 Å². The smallest absolute Gasteiger partial charge is 0.244 e. The molecule has 1 atom stereocenters. The molecule has 2 N–H and O–H groups in total. The standard InChI is InChI=1S/C14H17ClFNO2/c1-2-10(18)8-9-17-14(19)7-6-11-12(15)4-3-5-13(11)16/h3-7,10,18H,2,8-9H2,1H3,(H,17,19)/b7-6+. The molecule has 0 radical (unpaired) electrons. The van der Waals surface area contributed by atoms with Crippen molar-refractivity contribution in [2.24, 2.45) is 0 Å². The number of benzene rings is 1. The predicted molar refractivity (Wildman–Crippen MR) is 74.4 cm³/mol. The zero-order chi connectivity index (χ0) is 14.3. The summed E-state index contributed by atoms with van der Waals surface area (Å²) in [5, 5.41) is 12.2. The molecule has 0 aliphatic carbocycles. The Kier molecular flexibility index (Phi) is 6.53. The van der Waals surface area contributed by atoms with Crippen molar-refractivity contribution >= 4 is 23.6 Å². The lowest BCUT2D eigenvalue weighted by Gasteiger charge is -2.07. The zero-order valence-corrected chi connectivity index (χ0v) is 11.5. The molecule has 0 aliphatic rings. The summed E-state index contributed by atoms with van der Waals surface area (Å²) in [5.74, 6) is -0.819. The fourth-order valence-corrected chi connectivity index (χ4v) is 1.68. The Morgan fingerprint density at radius 1 is 1.58 bits per heavy atom. The molecule has 1 amide bonds. The quantitative estimate of drug-likeness (QED) is 0.790. The second-order valence-electron chi connectivity index (χ2n) is 4.11. The number of halogens is 2. The Morgan fingerprint density at radius 3 is 2.95 bits per heavy atom. The lowest BCUT2D eigenvalue weighted by molar-refractivity contribution is -0.116. The molecule has 0 heterocycles. The molecule has 0 aliphatic heterocycles. The van der Waals surface area contributed by atoms with Crippen molar-refractivity contribution in [3.8, 4) is 0 Å². The maximum absolute atomic E-state index is 13.4. The highest BCUT2D eigenvalue weighted by Crippen LogP contribution is 2.20. The number of carbonyl (C=O) groups is 1. The molecule has 1 rings (SSSR count). The predicted octanol–water partition coefficient (Wildman–Crippen LogP) is 2.77. The first-order valence-electron chi connectivity index (χ1n) is 6.12. The second kappa shape index (κ2) is 7.92. The largest absolute Gasteiger partial charge is 0.393 e. The zero-order valence-electron chi connectivity index (χ0n) is 10.7. The van der Waals surface area contributed by atoms with Gasteiger partial charge in [0.25, 0.3) is 0 Å². The fraction of sp³-hybridized carbons (Fsp3) is 0.357. The van der Waals surface area contributed by atoms with E-state index in [9.17, 15) is 14.3 Å². The lowest BCUT2D eigenvalue weighted by Crippen LogP contribution is -2.25. The number of aliphatic hydroxyl groups excluding tert-OH is 1. The number of aliphatic hydroxyl groups is 1. The van der Waals surface area contributed by atoms with Crippen LogP contribution in [0.25, 0.3) is 6.08 Å². The van der Waals surface area contributed by atoms with Gasteiger partial charge in [-0.1, -0.05) is 24.6 Å². The third-order valence-electron chi connectivity index (χ3n) is 2.65. The van der Waals surface area contributed by atoms with E-state index in [1.807, 2.05) is 6.92 Å². The van der Waals surface area contributed by atoms with Gasteiger partial charge >= 0.3 is 0 Å². The Bertz CT molecular complexity index is 443. The molecule has 0 saturated heterocycles. The van der Waals surface area contributed by atoms with Crippen molar-refractivity contribution in [3.63, 3.8) is 0 Å². The molecule has 0 aromatic heterocycles. The van der Waals surface area contributed by atoms with Crippen molar-refractivity contribution in [1.29, 1.82) is 0 Å². The van der Waals surface area contributed by atoms with E-state index in [2.05, 4.69) is 5.32 Å². The highest BCUT2D eigenvalue weighted by atomic mass is 35.5. The van der Waals surface area contributed by atoms with Crippen LogP contribution in [0, 0.1) is 5.82 Å². The second-order valence-corrected chi connectivity index (χ2v) is 4.52. The number of amides is 1. The van der Waals surface area contributed by atoms with Gasteiger partial charge in [-0.2, -0.15) is 0 Å². The Morgan fingerprint density at radius 2 is 2.32 bits per heavy atom. The molecule has 104 valence electrons. The minimum absolute atomic E-state index is 0.188. The number of hydrogen-bond acceptors (Lipinski definition) is 2. The van der Waals surface area contributed by atoms with Crippen molar-refractivity contribution in [2.75, 3.05) is 6.54 Å². The highest BCUT2D eigenvalue weighted by Gasteiger charge is 2.04. The highest BCUT2D eigenvalue weighted by molar-refractivity contribution is 6.32. The van der Waals surface area contributed by atoms with Crippen LogP contribution < -0.4 is 5.32 Å². The van der Waals surface area contributed by atoms with Gasteiger partial charge in [0.1, 0.15) is 5.82 Å². The maximum atomic E-state index is 13.4. The fourth-order valence-electron chi connectivity index (χ4n) is 1.45. The minimum Gasteiger partial charge on any atom is -0.393 e. The SMILES string of the molecule is CCC(O)CCNC(=O)/C=C/c1c(F)cccc1Cl. The summed E-state index contributed by atoms with van der Waals surface area (Å²) in [4.78, 5) is 11.5. The Hall–Kier alpha value is -1.39. The van der Waals surface area contributed by atoms with Gasteiger partial charge in [-0.3, -0.25) is 4.79 Å². The Balaban J connectivity index is 2.50. The van der Waals surface area contributed by atoms with Crippen LogP contribution in [0.5, 0.6) is 0 Å². The number of rotatable bonds is 6. The number of hydrogen-bond donors (Lipinski definition) is 2. The van der Waals surface area contributed by atoms with Crippen LogP contribution in [-0.2, 0) is 4.79 Å². The van der Waals surface area contributed by atoms with Crippen LogP contribution in [0.1, 0.15) is 25.3 Å². The van der Waals surface area contributed by atoms with Crippen LogP contribution in [-0.4, -0.2) is 23.7 Å². The summed E-state index contributed by atoms with van der Waals surface area (Å²) >= 11 is 5.82. The van der Waals surface area contributed by atoms with E-state index in [1.54, 1.807) is 6.07 Å². The molecular formula is C14H17ClFNO2. The van der Waals surface area contributed by atoms with E-state index in [0.717, 1.165) is 0 Å². The van der Waals surface area contributed by atoms with Crippen LogP contribution in [0.3, 0.4) is 0 Å². The van der Waals surface area contributed by atoms with Crippen LogP contribution in [0.2, 0.25) is 5.02 Å². The van der Waals surface area contributed by atoms with Crippen molar-refractivity contribution < 1.29 is 14.3 Å². The van der Waals surface area contributed by atoms with Gasteiger partial charge in [-0.05, 0) is 31.1 Å². The van der Waals surface area contributed by atoms with E-state index in [4.69, 9.17) is 11.6 Å². The lowest BCUT2D eigenvalue weighted by atomic mass is 10.2. The summed E-state index contributed by atoms with van der Waals surface area (Å²) in [5.41, 5.74) is 0.188. The average molecular weight is 286 g/mol. The van der Waals surface area contributed by atoms with Gasteiger partial charge in [0.15, 0.2) is 0 Å². The topological polar surface area (TPSA) is 49.3 Å². The summed E-state index contributed by atoms with van der Waals surface area (Å²) in [6, 6.07) is 4.34. The molecule has 0 spiro atoms. The first kappa shape index (κ1) is 15.7. The van der Waals surface area contributed by atoms with Gasteiger partial charge in [0, 0.05) is 18.2 Å². The summed E-state index contributed by atoms with van der Waals surface area (Å²) in [6.07, 6.45) is 3.30. The van der Waals surface area contributed by atoms with Gasteiger partial charge < -0.3 is 10.4 Å². The average Bonchev–Trinajstić information content (AvgIpc) is 2.38. The molecule has 19 heavy (non-hydrogen) atoms. The third-order valence-corrected chi connectivity index (χ3v) is 2.98. The van der Waals surface area contributed by atoms with E-state index in [1.165, 1.54) is 24.3 Å². The maximum Gasteiger partial charge on any atom is 0.244 e. The van der Waals surface area contributed by atoms with E-state index >= 15 is 0 Å². The molecule has 1 unspecified atom stereocenters. The molecule has 5 heteroatoms. The third kappa shape index (κ3) is 5.41. The summed E-state index contributed by atoms with van der Waals surface area (Å²) in [7, 11) is 0. The van der Waals surface area contributed by atoms with Crippen molar-refractivity contribution in [2.45, 2.75) is 25.9 Å². The van der Waals surface area contributed by atoms with Gasteiger partial charge in [-0.15, -0.1) is 0 Å². The summed E-state index contributed by atoms with van der Waals surface area (Å²) in [6.45, 7) is 2.25. The first-order valence-corrected chi connectivity index (χ1v) is 6.50. The van der Waals surface area contributed by atoms with Crippen LogP contribution in [0.4, 0.5) is 4.39 Å². The Labute approximate surface area is 117 Å². The van der Waals surface area contributed by atoms with Crippen molar-refractivity contribution in [3.05, 3.63) is 40.7 Å². The molecule has 1 aromatic rings. The molecular weight excluding hydrogens is 269 g/mol. The van der Waals surface area contributed by atoms with E-state index in [-0.39, 0.29) is 16.5 Å². The molecule has 0 bridgehead atoms. The monoisotopic (exact) mass is 285 g/mol. The minimum atomic E-state index is -0.474. The summed E-state index contributed by atoms with van der Waals surface area (Å²) < 4.78 is 13.4. The van der Waals surface area contributed by atoms with Gasteiger partial charge in [0.2, 0.25) is 5.91 Å². The molecule has 0 saturated carbocycles. The number of nitrogens with one attached hydrogen (secondary N) is 1. The molecule has 0 fully saturated rings. The number of carbonyl (C=O) groups excluding carboxylic acids is 1. The first-order chi connectivity index (χ1) is 9.04.